The maximum Gasteiger partial charge on any atom is 0.416 e. The fourth-order valence-corrected chi connectivity index (χ4v) is 3.58. The highest BCUT2D eigenvalue weighted by Gasteiger charge is 2.37. The van der Waals surface area contributed by atoms with Crippen LogP contribution in [-0.2, 0) is 22.3 Å². The molecule has 1 saturated heterocycles. The standard InChI is InChI=1S/C22H18ClF3N2O4/c1-2-31-18-8-14(10-27)7-17(23)20(18)32-21(30)15-9-19(29)28(12-15)11-13-4-3-5-16(6-13)22(24,25)26/h3-8,15H,2,9,11-12H2,1H3. The summed E-state index contributed by atoms with van der Waals surface area (Å²) >= 11 is 6.14. The first kappa shape index (κ1) is 23.4. The van der Waals surface area contributed by atoms with Crippen LogP contribution in [0.1, 0.15) is 30.0 Å². The van der Waals surface area contributed by atoms with Gasteiger partial charge in [0.1, 0.15) is 0 Å². The number of nitriles is 1. The number of carbonyl (C=O) groups excluding carboxylic acids is 2. The second-order valence-electron chi connectivity index (χ2n) is 7.12. The van der Waals surface area contributed by atoms with Gasteiger partial charge in [0, 0.05) is 25.6 Å². The highest BCUT2D eigenvalue weighted by Crippen LogP contribution is 2.38. The lowest BCUT2D eigenvalue weighted by Gasteiger charge is -2.18. The van der Waals surface area contributed by atoms with E-state index < -0.39 is 23.6 Å². The summed E-state index contributed by atoms with van der Waals surface area (Å²) in [6.45, 7) is 1.88. The average Bonchev–Trinajstić information content (AvgIpc) is 3.10. The van der Waals surface area contributed by atoms with Crippen molar-refractivity contribution < 1.29 is 32.2 Å². The van der Waals surface area contributed by atoms with Gasteiger partial charge in [-0.15, -0.1) is 0 Å². The molecule has 1 unspecified atom stereocenters. The molecule has 0 bridgehead atoms. The molecule has 1 aliphatic heterocycles. The summed E-state index contributed by atoms with van der Waals surface area (Å²) in [6.07, 6.45) is -4.63. The first-order chi connectivity index (χ1) is 15.1. The maximum atomic E-state index is 12.9. The third kappa shape index (κ3) is 5.32. The number of amides is 1. The first-order valence-corrected chi connectivity index (χ1v) is 10.0. The van der Waals surface area contributed by atoms with Crippen molar-refractivity contribution in [2.24, 2.45) is 5.92 Å². The van der Waals surface area contributed by atoms with Crippen molar-refractivity contribution >= 4 is 23.5 Å². The average molecular weight is 467 g/mol. The Morgan fingerprint density at radius 1 is 1.31 bits per heavy atom. The zero-order valence-electron chi connectivity index (χ0n) is 16.9. The number of rotatable bonds is 6. The molecule has 6 nitrogen and oxygen atoms in total. The van der Waals surface area contributed by atoms with Gasteiger partial charge in [0.2, 0.25) is 5.91 Å². The molecule has 0 aromatic heterocycles. The molecule has 2 aromatic rings. The zero-order valence-corrected chi connectivity index (χ0v) is 17.7. The van der Waals surface area contributed by atoms with E-state index >= 15 is 0 Å². The predicted octanol–water partition coefficient (Wildman–Crippen LogP) is 4.58. The van der Waals surface area contributed by atoms with Crippen molar-refractivity contribution in [3.8, 4) is 17.6 Å². The third-order valence-electron chi connectivity index (χ3n) is 4.82. The highest BCUT2D eigenvalue weighted by atomic mass is 35.5. The van der Waals surface area contributed by atoms with E-state index in [0.29, 0.717) is 5.56 Å². The van der Waals surface area contributed by atoms with Crippen LogP contribution in [0.2, 0.25) is 5.02 Å². The summed E-state index contributed by atoms with van der Waals surface area (Å²) in [4.78, 5) is 26.3. The van der Waals surface area contributed by atoms with E-state index in [0.717, 1.165) is 12.1 Å². The van der Waals surface area contributed by atoms with Gasteiger partial charge in [0.25, 0.3) is 0 Å². The molecule has 0 radical (unpaired) electrons. The predicted molar refractivity (Wildman–Crippen MR) is 108 cm³/mol. The second kappa shape index (κ2) is 9.49. The molecule has 0 N–H and O–H groups in total. The van der Waals surface area contributed by atoms with E-state index in [1.807, 2.05) is 6.07 Å². The Bertz CT molecular complexity index is 1080. The normalized spacial score (nSPS) is 16.1. The van der Waals surface area contributed by atoms with Crippen molar-refractivity contribution in [1.82, 2.24) is 4.90 Å². The lowest BCUT2D eigenvalue weighted by Crippen LogP contribution is -2.27. The van der Waals surface area contributed by atoms with E-state index in [-0.39, 0.29) is 54.1 Å². The minimum atomic E-state index is -4.49. The van der Waals surface area contributed by atoms with Gasteiger partial charge in [-0.05, 0) is 30.7 Å². The van der Waals surface area contributed by atoms with Gasteiger partial charge >= 0.3 is 12.1 Å². The van der Waals surface area contributed by atoms with Crippen molar-refractivity contribution in [2.45, 2.75) is 26.1 Å². The van der Waals surface area contributed by atoms with E-state index in [4.69, 9.17) is 26.3 Å². The van der Waals surface area contributed by atoms with E-state index in [9.17, 15) is 22.8 Å². The zero-order chi connectivity index (χ0) is 23.5. The highest BCUT2D eigenvalue weighted by molar-refractivity contribution is 6.32. The molecule has 1 heterocycles. The molecule has 168 valence electrons. The number of alkyl halides is 3. The van der Waals surface area contributed by atoms with Crippen LogP contribution in [-0.4, -0.2) is 29.9 Å². The van der Waals surface area contributed by atoms with Crippen molar-refractivity contribution in [1.29, 1.82) is 5.26 Å². The number of esters is 1. The SMILES string of the molecule is CCOc1cc(C#N)cc(Cl)c1OC(=O)C1CC(=O)N(Cc2cccc(C(F)(F)F)c2)C1. The molecule has 2 aromatic carbocycles. The summed E-state index contributed by atoms with van der Waals surface area (Å²) in [5, 5.41) is 9.07. The molecule has 32 heavy (non-hydrogen) atoms. The minimum absolute atomic E-state index is 0.00555. The smallest absolute Gasteiger partial charge is 0.416 e. The number of halogens is 4. The largest absolute Gasteiger partial charge is 0.490 e. The Morgan fingerprint density at radius 3 is 2.72 bits per heavy atom. The molecule has 0 spiro atoms. The Balaban J connectivity index is 1.72. The molecule has 1 atom stereocenters. The molecule has 1 amide bonds. The molecular formula is C22H18ClF3N2O4. The Kier molecular flexibility index (Phi) is 6.94. The van der Waals surface area contributed by atoms with Gasteiger partial charge in [0.05, 0.1) is 34.7 Å². The topological polar surface area (TPSA) is 79.6 Å². The lowest BCUT2D eigenvalue weighted by molar-refractivity contribution is -0.139. The number of benzene rings is 2. The number of ether oxygens (including phenoxy) is 2. The molecule has 1 aliphatic rings. The minimum Gasteiger partial charge on any atom is -0.490 e. The number of hydrogen-bond donors (Lipinski definition) is 0. The summed E-state index contributed by atoms with van der Waals surface area (Å²) in [7, 11) is 0. The van der Waals surface area contributed by atoms with E-state index in [2.05, 4.69) is 0 Å². The Labute approximate surface area is 187 Å². The Morgan fingerprint density at radius 2 is 2.06 bits per heavy atom. The van der Waals surface area contributed by atoms with Crippen LogP contribution in [0, 0.1) is 17.2 Å². The van der Waals surface area contributed by atoms with Crippen LogP contribution in [0.4, 0.5) is 13.2 Å². The number of carbonyl (C=O) groups is 2. The van der Waals surface area contributed by atoms with Crippen LogP contribution in [0.15, 0.2) is 36.4 Å². The van der Waals surface area contributed by atoms with Crippen molar-refractivity contribution in [3.05, 3.63) is 58.1 Å². The molecule has 10 heteroatoms. The van der Waals surface area contributed by atoms with Crippen LogP contribution < -0.4 is 9.47 Å². The summed E-state index contributed by atoms with van der Waals surface area (Å²) in [5.41, 5.74) is -0.283. The fraction of sp³-hybridized carbons (Fsp3) is 0.318. The van der Waals surface area contributed by atoms with Crippen LogP contribution >= 0.6 is 11.6 Å². The maximum absolute atomic E-state index is 12.9. The van der Waals surface area contributed by atoms with Gasteiger partial charge in [0.15, 0.2) is 11.5 Å². The van der Waals surface area contributed by atoms with Gasteiger partial charge in [-0.25, -0.2) is 0 Å². The summed E-state index contributed by atoms with van der Waals surface area (Å²) in [6, 6.07) is 9.32. The van der Waals surface area contributed by atoms with Gasteiger partial charge in [-0.3, -0.25) is 9.59 Å². The van der Waals surface area contributed by atoms with Crippen LogP contribution in [0.3, 0.4) is 0 Å². The van der Waals surface area contributed by atoms with Gasteiger partial charge in [-0.1, -0.05) is 23.7 Å². The summed E-state index contributed by atoms with van der Waals surface area (Å²) < 4.78 is 49.6. The number of likely N-dealkylation sites (tertiary alicyclic amines) is 1. The Hall–Kier alpha value is -3.25. The number of nitrogens with zero attached hydrogens (tertiary/aromatic N) is 2. The third-order valence-corrected chi connectivity index (χ3v) is 5.10. The summed E-state index contributed by atoms with van der Waals surface area (Å²) in [5.74, 6) is -1.86. The van der Waals surface area contributed by atoms with E-state index in [1.54, 1.807) is 6.92 Å². The van der Waals surface area contributed by atoms with Crippen LogP contribution in [0.5, 0.6) is 11.5 Å². The molecule has 0 aliphatic carbocycles. The molecule has 1 fully saturated rings. The van der Waals surface area contributed by atoms with Gasteiger partial charge < -0.3 is 14.4 Å². The quantitative estimate of drug-likeness (QED) is 0.460. The fourth-order valence-electron chi connectivity index (χ4n) is 3.33. The van der Waals surface area contributed by atoms with Crippen LogP contribution in [0.25, 0.3) is 0 Å². The van der Waals surface area contributed by atoms with Crippen molar-refractivity contribution in [3.63, 3.8) is 0 Å². The molecule has 3 rings (SSSR count). The monoisotopic (exact) mass is 466 g/mol. The second-order valence-corrected chi connectivity index (χ2v) is 7.53. The lowest BCUT2D eigenvalue weighted by atomic mass is 10.1. The molecular weight excluding hydrogens is 449 g/mol. The van der Waals surface area contributed by atoms with E-state index in [1.165, 1.54) is 29.2 Å². The van der Waals surface area contributed by atoms with Crippen molar-refractivity contribution in [2.75, 3.05) is 13.2 Å². The number of hydrogen-bond acceptors (Lipinski definition) is 5. The van der Waals surface area contributed by atoms with Gasteiger partial charge in [-0.2, -0.15) is 18.4 Å². The first-order valence-electron chi connectivity index (χ1n) is 9.64. The molecule has 0 saturated carbocycles.